The molecule has 0 aliphatic carbocycles. The molecule has 0 aromatic carbocycles. The molecule has 6 heteroatoms. The number of ketones is 1. The summed E-state index contributed by atoms with van der Waals surface area (Å²) in [5.74, 6) is 0.625. The minimum atomic E-state index is -0.132. The Morgan fingerprint density at radius 2 is 1.67 bits per heavy atom. The number of hydrogen-bond donors (Lipinski definition) is 1. The molecule has 1 N–H and O–H groups in total. The van der Waals surface area contributed by atoms with Crippen LogP contribution in [-0.4, -0.2) is 31.0 Å². The van der Waals surface area contributed by atoms with E-state index in [0.29, 0.717) is 29.5 Å². The van der Waals surface area contributed by atoms with Crippen molar-refractivity contribution in [2.24, 2.45) is 5.92 Å². The number of carbonyl (C=O) groups is 1. The molecule has 2 aromatic rings. The molecule has 2 aromatic heterocycles. The molecule has 5 nitrogen and oxygen atoms in total. The van der Waals surface area contributed by atoms with Crippen LogP contribution in [0.1, 0.15) is 107 Å². The first kappa shape index (κ1) is 27.6. The summed E-state index contributed by atoms with van der Waals surface area (Å²) < 4.78 is 11.2. The second-order valence-corrected chi connectivity index (χ2v) is 9.82. The SMILES string of the molecule is CCCCCCCCCCCCCCC(COCC)C(=O)c1sc(NC)nc1-c1ccco1. The normalized spacial score (nSPS) is 12.2. The lowest BCUT2D eigenvalue weighted by molar-refractivity contribution is 0.0717. The average molecular weight is 477 g/mol. The van der Waals surface area contributed by atoms with Crippen LogP contribution in [0.3, 0.4) is 0 Å². The van der Waals surface area contributed by atoms with Crippen molar-refractivity contribution in [3.63, 3.8) is 0 Å². The molecule has 0 saturated heterocycles. The number of anilines is 1. The maximum absolute atomic E-state index is 13.4. The van der Waals surface area contributed by atoms with Crippen LogP contribution in [0.15, 0.2) is 22.8 Å². The molecule has 0 amide bonds. The van der Waals surface area contributed by atoms with Crippen LogP contribution in [-0.2, 0) is 4.74 Å². The third kappa shape index (κ3) is 10.0. The van der Waals surface area contributed by atoms with Crippen molar-refractivity contribution in [1.29, 1.82) is 0 Å². The largest absolute Gasteiger partial charge is 0.463 e. The van der Waals surface area contributed by atoms with Crippen LogP contribution in [0, 0.1) is 5.92 Å². The van der Waals surface area contributed by atoms with Crippen molar-refractivity contribution in [2.75, 3.05) is 25.6 Å². The minimum Gasteiger partial charge on any atom is -0.463 e. The first-order chi connectivity index (χ1) is 16.2. The highest BCUT2D eigenvalue weighted by atomic mass is 32.1. The molecule has 2 heterocycles. The van der Waals surface area contributed by atoms with Gasteiger partial charge in [-0.25, -0.2) is 4.98 Å². The predicted octanol–water partition coefficient (Wildman–Crippen LogP) is 8.37. The monoisotopic (exact) mass is 476 g/mol. The van der Waals surface area contributed by atoms with Crippen LogP contribution < -0.4 is 5.32 Å². The third-order valence-corrected chi connectivity index (χ3v) is 7.21. The van der Waals surface area contributed by atoms with Crippen molar-refractivity contribution in [2.45, 2.75) is 97.3 Å². The molecule has 1 unspecified atom stereocenters. The molecule has 33 heavy (non-hydrogen) atoms. The van der Waals surface area contributed by atoms with Gasteiger partial charge in [0, 0.05) is 19.6 Å². The summed E-state index contributed by atoms with van der Waals surface area (Å²) in [7, 11) is 1.82. The zero-order valence-electron chi connectivity index (χ0n) is 21.0. The standard InChI is InChI=1S/C27H44N2O3S/c1-4-6-7-8-9-10-11-12-13-14-15-16-18-22(21-31-5-2)25(30)26-24(23-19-17-20-32-23)29-27(28-3)33-26/h17,19-20,22H,4-16,18,21H2,1-3H3,(H,28,29). The Labute approximate surface area is 204 Å². The van der Waals surface area contributed by atoms with Crippen LogP contribution in [0.5, 0.6) is 0 Å². The van der Waals surface area contributed by atoms with Crippen LogP contribution in [0.4, 0.5) is 5.13 Å². The van der Waals surface area contributed by atoms with Gasteiger partial charge in [-0.15, -0.1) is 0 Å². The molecule has 186 valence electrons. The van der Waals surface area contributed by atoms with Gasteiger partial charge in [-0.1, -0.05) is 95.3 Å². The van der Waals surface area contributed by atoms with E-state index in [9.17, 15) is 4.79 Å². The van der Waals surface area contributed by atoms with Crippen LogP contribution in [0.25, 0.3) is 11.5 Å². The Kier molecular flexibility index (Phi) is 14.1. The lowest BCUT2D eigenvalue weighted by Crippen LogP contribution is -2.20. The Morgan fingerprint density at radius 1 is 1.03 bits per heavy atom. The van der Waals surface area contributed by atoms with Crippen LogP contribution >= 0.6 is 11.3 Å². The number of carbonyl (C=O) groups excluding carboxylic acids is 1. The van der Waals surface area contributed by atoms with E-state index in [1.54, 1.807) is 6.26 Å². The molecule has 0 fully saturated rings. The number of thiazole rings is 1. The van der Waals surface area contributed by atoms with Gasteiger partial charge in [-0.05, 0) is 25.5 Å². The number of aromatic nitrogens is 1. The number of hydrogen-bond acceptors (Lipinski definition) is 6. The van der Waals surface area contributed by atoms with Gasteiger partial charge in [0.05, 0.1) is 12.9 Å². The number of furan rings is 1. The van der Waals surface area contributed by atoms with Gasteiger partial charge in [0.2, 0.25) is 0 Å². The van der Waals surface area contributed by atoms with Gasteiger partial charge in [-0.2, -0.15) is 0 Å². The van der Waals surface area contributed by atoms with E-state index >= 15 is 0 Å². The van der Waals surface area contributed by atoms with E-state index in [1.807, 2.05) is 26.1 Å². The predicted molar refractivity (Wildman–Crippen MR) is 139 cm³/mol. The quantitative estimate of drug-likeness (QED) is 0.154. The first-order valence-electron chi connectivity index (χ1n) is 13.1. The van der Waals surface area contributed by atoms with Gasteiger partial charge < -0.3 is 14.5 Å². The Hall–Kier alpha value is -1.66. The molecule has 0 bridgehead atoms. The number of nitrogens with zero attached hydrogens (tertiary/aromatic N) is 1. The molecular formula is C27H44N2O3S. The third-order valence-electron chi connectivity index (χ3n) is 6.12. The molecule has 0 spiro atoms. The molecule has 0 aliphatic heterocycles. The van der Waals surface area contributed by atoms with E-state index < -0.39 is 0 Å². The Morgan fingerprint density at radius 3 is 2.21 bits per heavy atom. The van der Waals surface area contributed by atoms with Gasteiger partial charge >= 0.3 is 0 Å². The zero-order valence-corrected chi connectivity index (χ0v) is 21.8. The van der Waals surface area contributed by atoms with Gasteiger partial charge in [0.25, 0.3) is 0 Å². The highest BCUT2D eigenvalue weighted by Gasteiger charge is 2.27. The fourth-order valence-electron chi connectivity index (χ4n) is 4.14. The molecule has 0 aliphatic rings. The van der Waals surface area contributed by atoms with Crippen molar-refractivity contribution >= 4 is 22.3 Å². The Bertz CT molecular complexity index is 758. The van der Waals surface area contributed by atoms with E-state index in [-0.39, 0.29) is 11.7 Å². The summed E-state index contributed by atoms with van der Waals surface area (Å²) in [4.78, 5) is 18.7. The summed E-state index contributed by atoms with van der Waals surface area (Å²) in [6.45, 7) is 5.34. The second-order valence-electron chi connectivity index (χ2n) is 8.82. The van der Waals surface area contributed by atoms with E-state index in [2.05, 4.69) is 17.2 Å². The fourth-order valence-corrected chi connectivity index (χ4v) is 5.08. The summed E-state index contributed by atoms with van der Waals surface area (Å²) in [5, 5.41) is 3.79. The maximum atomic E-state index is 13.4. The number of nitrogens with one attached hydrogen (secondary N) is 1. The van der Waals surface area contributed by atoms with E-state index in [1.165, 1.54) is 82.0 Å². The zero-order chi connectivity index (χ0) is 23.7. The van der Waals surface area contributed by atoms with Gasteiger partial charge in [0.1, 0.15) is 10.6 Å². The first-order valence-corrected chi connectivity index (χ1v) is 13.9. The van der Waals surface area contributed by atoms with Crippen LogP contribution in [0.2, 0.25) is 0 Å². The van der Waals surface area contributed by atoms with Crippen molar-refractivity contribution in [3.05, 3.63) is 23.3 Å². The molecule has 2 rings (SSSR count). The van der Waals surface area contributed by atoms with Gasteiger partial charge in [0.15, 0.2) is 16.7 Å². The van der Waals surface area contributed by atoms with Crippen molar-refractivity contribution < 1.29 is 13.9 Å². The highest BCUT2D eigenvalue weighted by Crippen LogP contribution is 2.34. The average Bonchev–Trinajstić information content (AvgIpc) is 3.51. The molecule has 1 atom stereocenters. The van der Waals surface area contributed by atoms with Crippen molar-refractivity contribution in [3.8, 4) is 11.5 Å². The molecule has 0 radical (unpaired) electrons. The number of unbranched alkanes of at least 4 members (excludes halogenated alkanes) is 11. The minimum absolute atomic E-state index is 0.122. The smallest absolute Gasteiger partial charge is 0.183 e. The summed E-state index contributed by atoms with van der Waals surface area (Å²) in [5.41, 5.74) is 0.635. The Balaban J connectivity index is 1.77. The topological polar surface area (TPSA) is 64.4 Å². The maximum Gasteiger partial charge on any atom is 0.183 e. The van der Waals surface area contributed by atoms with Crippen molar-refractivity contribution in [1.82, 2.24) is 4.98 Å². The summed E-state index contributed by atoms with van der Waals surface area (Å²) in [6.07, 6.45) is 18.3. The van der Waals surface area contributed by atoms with Gasteiger partial charge in [-0.3, -0.25) is 4.79 Å². The summed E-state index contributed by atoms with van der Waals surface area (Å²) in [6, 6.07) is 3.68. The highest BCUT2D eigenvalue weighted by molar-refractivity contribution is 7.18. The lowest BCUT2D eigenvalue weighted by Gasteiger charge is -2.15. The lowest BCUT2D eigenvalue weighted by atomic mass is 9.95. The molecular weight excluding hydrogens is 432 g/mol. The fraction of sp³-hybridized carbons (Fsp3) is 0.704. The van der Waals surface area contributed by atoms with E-state index in [4.69, 9.17) is 9.15 Å². The number of ether oxygens (including phenoxy) is 1. The number of rotatable bonds is 20. The second kappa shape index (κ2) is 16.9. The van der Waals surface area contributed by atoms with E-state index in [0.717, 1.165) is 18.0 Å². The number of Topliss-reactive ketones (excluding diaryl/α,β-unsaturated/α-hetero) is 1. The summed E-state index contributed by atoms with van der Waals surface area (Å²) >= 11 is 1.40. The molecule has 0 saturated carbocycles.